The minimum absolute atomic E-state index is 0.194. The van der Waals surface area contributed by atoms with Crippen LogP contribution in [0.2, 0.25) is 0 Å². The van der Waals surface area contributed by atoms with Crippen molar-refractivity contribution < 1.29 is 9.90 Å². The molecule has 1 aliphatic heterocycles. The lowest BCUT2D eigenvalue weighted by Gasteiger charge is -2.23. The largest absolute Gasteiger partial charge is 0.393 e. The summed E-state index contributed by atoms with van der Waals surface area (Å²) in [5, 5.41) is 9.16. The Hall–Kier alpha value is -0.220. The molecule has 1 saturated heterocycles. The average Bonchev–Trinajstić information content (AvgIpc) is 2.35. The Balaban J connectivity index is 2.39. The van der Waals surface area contributed by atoms with E-state index in [0.29, 0.717) is 17.6 Å². The Kier molecular flexibility index (Phi) is 5.12. The van der Waals surface area contributed by atoms with Crippen LogP contribution in [0.15, 0.2) is 0 Å². The lowest BCUT2D eigenvalue weighted by molar-refractivity contribution is -0.131. The number of rotatable bonds is 3. The normalized spacial score (nSPS) is 22.6. The van der Waals surface area contributed by atoms with E-state index in [1.165, 1.54) is 0 Å². The van der Waals surface area contributed by atoms with Crippen molar-refractivity contribution in [2.24, 2.45) is 0 Å². The number of thioether (sulfide) groups is 1. The number of amides is 1. The molecule has 0 aromatic carbocycles. The zero-order valence-corrected chi connectivity index (χ0v) is 11.3. The highest BCUT2D eigenvalue weighted by Gasteiger charge is 2.25. The van der Waals surface area contributed by atoms with E-state index in [4.69, 9.17) is 5.11 Å². The van der Waals surface area contributed by atoms with Crippen LogP contribution in [0.5, 0.6) is 0 Å². The Morgan fingerprint density at radius 1 is 1.50 bits per heavy atom. The molecular formula is C12H23NO2S. The molecule has 1 fully saturated rings. The van der Waals surface area contributed by atoms with Crippen LogP contribution in [0.1, 0.15) is 40.0 Å². The van der Waals surface area contributed by atoms with Gasteiger partial charge in [-0.3, -0.25) is 4.79 Å². The van der Waals surface area contributed by atoms with E-state index in [9.17, 15) is 4.79 Å². The van der Waals surface area contributed by atoms with Crippen LogP contribution in [0, 0.1) is 0 Å². The third kappa shape index (κ3) is 4.74. The molecule has 1 unspecified atom stereocenters. The molecule has 1 heterocycles. The summed E-state index contributed by atoms with van der Waals surface area (Å²) < 4.78 is 0.291. The molecule has 94 valence electrons. The Labute approximate surface area is 103 Å². The zero-order valence-electron chi connectivity index (χ0n) is 10.5. The predicted octanol–water partition coefficient (Wildman–Crippen LogP) is 1.89. The first-order valence-corrected chi connectivity index (χ1v) is 6.99. The molecule has 4 heteroatoms. The van der Waals surface area contributed by atoms with Crippen molar-refractivity contribution in [1.82, 2.24) is 4.90 Å². The summed E-state index contributed by atoms with van der Waals surface area (Å²) in [6.07, 6.45) is 1.73. The molecule has 0 aromatic rings. The fourth-order valence-corrected chi connectivity index (χ4v) is 2.86. The lowest BCUT2D eigenvalue weighted by atomic mass is 10.1. The molecule has 3 nitrogen and oxygen atoms in total. The number of carbonyl (C=O) groups excluding carboxylic acids is 1. The highest BCUT2D eigenvalue weighted by Crippen LogP contribution is 2.30. The van der Waals surface area contributed by atoms with E-state index in [0.717, 1.165) is 25.3 Å². The number of aliphatic hydroxyl groups excluding tert-OH is 1. The second-order valence-electron chi connectivity index (χ2n) is 5.13. The van der Waals surface area contributed by atoms with E-state index in [1.807, 2.05) is 16.7 Å². The van der Waals surface area contributed by atoms with Gasteiger partial charge in [0.1, 0.15) is 0 Å². The number of aliphatic hydroxyl groups is 1. The minimum Gasteiger partial charge on any atom is -0.393 e. The summed E-state index contributed by atoms with van der Waals surface area (Å²) in [5.74, 6) is 1.21. The van der Waals surface area contributed by atoms with Gasteiger partial charge in [0.15, 0.2) is 0 Å². The molecule has 0 aromatic heterocycles. The first-order chi connectivity index (χ1) is 7.41. The van der Waals surface area contributed by atoms with Gasteiger partial charge in [-0.1, -0.05) is 13.8 Å². The molecule has 1 aliphatic rings. The van der Waals surface area contributed by atoms with Crippen LogP contribution in [0.3, 0.4) is 0 Å². The highest BCUT2D eigenvalue weighted by atomic mass is 32.2. The van der Waals surface area contributed by atoms with Crippen molar-refractivity contribution in [2.75, 3.05) is 18.8 Å². The average molecular weight is 245 g/mol. The van der Waals surface area contributed by atoms with Gasteiger partial charge in [0, 0.05) is 30.0 Å². The van der Waals surface area contributed by atoms with E-state index < -0.39 is 0 Å². The van der Waals surface area contributed by atoms with Crippen LogP contribution in [0.25, 0.3) is 0 Å². The van der Waals surface area contributed by atoms with Gasteiger partial charge in [-0.25, -0.2) is 0 Å². The predicted molar refractivity (Wildman–Crippen MR) is 68.6 cm³/mol. The van der Waals surface area contributed by atoms with Crippen molar-refractivity contribution >= 4 is 17.7 Å². The first kappa shape index (κ1) is 13.8. The Morgan fingerprint density at radius 3 is 2.81 bits per heavy atom. The molecule has 0 saturated carbocycles. The summed E-state index contributed by atoms with van der Waals surface area (Å²) in [7, 11) is 0. The Morgan fingerprint density at radius 2 is 2.19 bits per heavy atom. The molecule has 1 amide bonds. The van der Waals surface area contributed by atoms with Crippen molar-refractivity contribution in [1.29, 1.82) is 0 Å². The van der Waals surface area contributed by atoms with Crippen LogP contribution < -0.4 is 0 Å². The van der Waals surface area contributed by atoms with Crippen LogP contribution >= 0.6 is 11.8 Å². The van der Waals surface area contributed by atoms with Crippen molar-refractivity contribution in [2.45, 2.75) is 50.9 Å². The summed E-state index contributed by atoms with van der Waals surface area (Å²) in [4.78, 5) is 13.8. The zero-order chi connectivity index (χ0) is 12.2. The highest BCUT2D eigenvalue weighted by molar-refractivity contribution is 8.00. The summed E-state index contributed by atoms with van der Waals surface area (Å²) in [5.41, 5.74) is 0. The van der Waals surface area contributed by atoms with Crippen LogP contribution in [-0.2, 0) is 4.79 Å². The van der Waals surface area contributed by atoms with Gasteiger partial charge in [-0.05, 0) is 19.8 Å². The van der Waals surface area contributed by atoms with Gasteiger partial charge in [-0.15, -0.1) is 0 Å². The minimum atomic E-state index is -0.373. The lowest BCUT2D eigenvalue weighted by Crippen LogP contribution is -2.33. The van der Waals surface area contributed by atoms with Crippen molar-refractivity contribution in [3.05, 3.63) is 0 Å². The maximum Gasteiger partial charge on any atom is 0.222 e. The first-order valence-electron chi connectivity index (χ1n) is 6.00. The summed E-state index contributed by atoms with van der Waals surface area (Å²) in [6.45, 7) is 7.92. The molecule has 16 heavy (non-hydrogen) atoms. The molecule has 0 bridgehead atoms. The Bertz CT molecular complexity index is 241. The third-order valence-electron chi connectivity index (χ3n) is 2.97. The molecule has 1 atom stereocenters. The van der Waals surface area contributed by atoms with Gasteiger partial charge in [0.05, 0.1) is 6.10 Å². The second kappa shape index (κ2) is 5.92. The molecule has 0 radical (unpaired) electrons. The van der Waals surface area contributed by atoms with Gasteiger partial charge in [0.25, 0.3) is 0 Å². The SMILES string of the molecule is CC(O)CCC(=O)N1CCSC(C)(C)CC1. The fraction of sp³-hybridized carbons (Fsp3) is 0.917. The smallest absolute Gasteiger partial charge is 0.222 e. The number of carbonyl (C=O) groups is 1. The monoisotopic (exact) mass is 245 g/mol. The quantitative estimate of drug-likeness (QED) is 0.825. The van der Waals surface area contributed by atoms with Gasteiger partial charge in [-0.2, -0.15) is 11.8 Å². The molecule has 1 rings (SSSR count). The number of hydrogen-bond donors (Lipinski definition) is 1. The molecule has 0 spiro atoms. The topological polar surface area (TPSA) is 40.5 Å². The van der Waals surface area contributed by atoms with Crippen molar-refractivity contribution in [3.8, 4) is 0 Å². The maximum atomic E-state index is 11.9. The van der Waals surface area contributed by atoms with E-state index >= 15 is 0 Å². The molecule has 1 N–H and O–H groups in total. The number of hydrogen-bond acceptors (Lipinski definition) is 3. The molecule has 0 aliphatic carbocycles. The van der Waals surface area contributed by atoms with Crippen LogP contribution in [-0.4, -0.2) is 45.6 Å². The fourth-order valence-electron chi connectivity index (χ4n) is 1.76. The van der Waals surface area contributed by atoms with Gasteiger partial charge in [0.2, 0.25) is 5.91 Å². The molecular weight excluding hydrogens is 222 g/mol. The van der Waals surface area contributed by atoms with E-state index in [2.05, 4.69) is 13.8 Å². The summed E-state index contributed by atoms with van der Waals surface area (Å²) >= 11 is 1.94. The van der Waals surface area contributed by atoms with Gasteiger partial charge >= 0.3 is 0 Å². The van der Waals surface area contributed by atoms with Crippen LogP contribution in [0.4, 0.5) is 0 Å². The maximum absolute atomic E-state index is 11.9. The van der Waals surface area contributed by atoms with E-state index in [-0.39, 0.29) is 12.0 Å². The van der Waals surface area contributed by atoms with Gasteiger partial charge < -0.3 is 10.0 Å². The van der Waals surface area contributed by atoms with Crippen molar-refractivity contribution in [3.63, 3.8) is 0 Å². The third-order valence-corrected chi connectivity index (χ3v) is 4.34. The summed E-state index contributed by atoms with van der Waals surface area (Å²) in [6, 6.07) is 0. The van der Waals surface area contributed by atoms with E-state index in [1.54, 1.807) is 6.92 Å². The number of nitrogens with zero attached hydrogens (tertiary/aromatic N) is 1. The second-order valence-corrected chi connectivity index (χ2v) is 6.93. The standard InChI is InChI=1S/C12H23NO2S/c1-10(14)4-5-11(15)13-7-6-12(2,3)16-9-8-13/h10,14H,4-9H2,1-3H3.